The Hall–Kier alpha value is -2.19. The Kier molecular flexibility index (Phi) is 12.3. The molecule has 0 fully saturated rings. The molecule has 0 spiro atoms. The van der Waals surface area contributed by atoms with Crippen molar-refractivity contribution in [1.82, 2.24) is 0 Å². The molecular weight excluding hydrogens is 535 g/mol. The highest BCUT2D eigenvalue weighted by Crippen LogP contribution is 2.50. The van der Waals surface area contributed by atoms with Crippen LogP contribution in [0.25, 0.3) is 0 Å². The Morgan fingerprint density at radius 1 is 0.595 bits per heavy atom. The molecule has 3 aromatic rings. The Morgan fingerprint density at radius 3 is 1.57 bits per heavy atom. The van der Waals surface area contributed by atoms with Crippen LogP contribution in [0, 0.1) is 0 Å². The first kappa shape index (κ1) is 34.3. The van der Waals surface area contributed by atoms with Crippen molar-refractivity contribution in [3.05, 3.63) is 100 Å². The van der Waals surface area contributed by atoms with E-state index in [-0.39, 0.29) is 16.2 Å². The van der Waals surface area contributed by atoms with Gasteiger partial charge in [-0.2, -0.15) is 0 Å². The second kappa shape index (κ2) is 15.0. The van der Waals surface area contributed by atoms with Gasteiger partial charge in [0.25, 0.3) is 0 Å². The smallest absolute Gasteiger partial charge is 0.391 e. The van der Waals surface area contributed by atoms with E-state index in [9.17, 15) is 9.79 Å². The van der Waals surface area contributed by atoms with Crippen molar-refractivity contribution in [3.63, 3.8) is 0 Å². The van der Waals surface area contributed by atoms with Crippen molar-refractivity contribution in [1.29, 1.82) is 0 Å². The standard InChI is InChI=1S/C38H55O3P/c1-36(2,3)32-28-33(37(4,5)6)35(41-42(39)40)31(34(32)38(7,8)30-25-19-15-20-26-30)27-21-13-11-9-10-12-16-22-29-23-17-14-18-24-29/h14-15,17-20,23-26,28,39-40H,9-13,16,21-22,27H2,1-8H3. The lowest BCUT2D eigenvalue weighted by Crippen LogP contribution is -2.29. The van der Waals surface area contributed by atoms with Crippen molar-refractivity contribution in [2.75, 3.05) is 0 Å². The third-order valence-electron chi connectivity index (χ3n) is 8.52. The molecule has 0 amide bonds. The van der Waals surface area contributed by atoms with Crippen LogP contribution in [-0.4, -0.2) is 9.79 Å². The summed E-state index contributed by atoms with van der Waals surface area (Å²) in [7, 11) is -2.54. The summed E-state index contributed by atoms with van der Waals surface area (Å²) in [4.78, 5) is 20.3. The molecule has 42 heavy (non-hydrogen) atoms. The van der Waals surface area contributed by atoms with Gasteiger partial charge < -0.3 is 14.3 Å². The van der Waals surface area contributed by atoms with Crippen LogP contribution in [-0.2, 0) is 29.1 Å². The van der Waals surface area contributed by atoms with Crippen molar-refractivity contribution in [3.8, 4) is 5.75 Å². The topological polar surface area (TPSA) is 49.7 Å². The maximum atomic E-state index is 10.1. The molecule has 0 unspecified atom stereocenters. The third-order valence-corrected chi connectivity index (χ3v) is 8.87. The molecule has 0 atom stereocenters. The first-order valence-electron chi connectivity index (χ1n) is 15.9. The second-order valence-corrected chi connectivity index (χ2v) is 15.1. The van der Waals surface area contributed by atoms with Gasteiger partial charge in [0, 0.05) is 11.0 Å². The van der Waals surface area contributed by atoms with Crippen LogP contribution in [0.3, 0.4) is 0 Å². The van der Waals surface area contributed by atoms with E-state index in [1.807, 2.05) is 0 Å². The molecule has 0 heterocycles. The maximum absolute atomic E-state index is 10.1. The summed E-state index contributed by atoms with van der Waals surface area (Å²) in [5.41, 5.74) is 6.83. The van der Waals surface area contributed by atoms with Gasteiger partial charge >= 0.3 is 8.60 Å². The van der Waals surface area contributed by atoms with Crippen molar-refractivity contribution < 1.29 is 14.3 Å². The summed E-state index contributed by atoms with van der Waals surface area (Å²) in [5, 5.41) is 0. The van der Waals surface area contributed by atoms with E-state index in [2.05, 4.69) is 122 Å². The van der Waals surface area contributed by atoms with Gasteiger partial charge in [0.05, 0.1) is 0 Å². The zero-order valence-corrected chi connectivity index (χ0v) is 28.4. The van der Waals surface area contributed by atoms with Gasteiger partial charge in [-0.15, -0.1) is 0 Å². The Bertz CT molecular complexity index is 1240. The molecule has 3 rings (SSSR count). The lowest BCUT2D eigenvalue weighted by atomic mass is 9.66. The lowest BCUT2D eigenvalue weighted by molar-refractivity contribution is 0.366. The first-order chi connectivity index (χ1) is 19.7. The number of rotatable bonds is 14. The van der Waals surface area contributed by atoms with Crippen molar-refractivity contribution >= 4 is 8.60 Å². The fourth-order valence-corrected chi connectivity index (χ4v) is 6.54. The normalized spacial score (nSPS) is 12.6. The van der Waals surface area contributed by atoms with Crippen LogP contribution in [0.5, 0.6) is 5.75 Å². The van der Waals surface area contributed by atoms with Crippen molar-refractivity contribution in [2.24, 2.45) is 0 Å². The minimum Gasteiger partial charge on any atom is -0.426 e. The van der Waals surface area contributed by atoms with Crippen LogP contribution in [0.2, 0.25) is 0 Å². The van der Waals surface area contributed by atoms with Gasteiger partial charge in [0.15, 0.2) is 0 Å². The average Bonchev–Trinajstić information content (AvgIpc) is 2.91. The fourth-order valence-electron chi connectivity index (χ4n) is 6.17. The molecule has 0 radical (unpaired) electrons. The molecule has 0 aromatic heterocycles. The summed E-state index contributed by atoms with van der Waals surface area (Å²) < 4.78 is 5.98. The molecule has 230 valence electrons. The maximum Gasteiger partial charge on any atom is 0.391 e. The predicted molar refractivity (Wildman–Crippen MR) is 181 cm³/mol. The number of hydrogen-bond acceptors (Lipinski definition) is 3. The largest absolute Gasteiger partial charge is 0.426 e. The molecule has 0 saturated heterocycles. The summed E-state index contributed by atoms with van der Waals surface area (Å²) in [6.45, 7) is 18.0. The Labute approximate surface area is 257 Å². The SMILES string of the molecule is CC(C)(C)c1cc(C(C)(C)C)c(C(C)(C)c2ccccc2)c(CCCCCCCCCc2ccccc2)c1OP(O)O. The van der Waals surface area contributed by atoms with E-state index in [1.54, 1.807) is 0 Å². The van der Waals surface area contributed by atoms with Gasteiger partial charge in [-0.05, 0) is 64.3 Å². The average molecular weight is 591 g/mol. The van der Waals surface area contributed by atoms with E-state index in [4.69, 9.17) is 4.52 Å². The number of aryl methyl sites for hydroxylation is 1. The molecule has 0 saturated carbocycles. The molecular formula is C38H55O3P. The highest BCUT2D eigenvalue weighted by atomic mass is 31.2. The third kappa shape index (κ3) is 9.40. The molecule has 0 bridgehead atoms. The van der Waals surface area contributed by atoms with Crippen LogP contribution >= 0.6 is 8.60 Å². The minimum absolute atomic E-state index is 0.0996. The highest BCUT2D eigenvalue weighted by Gasteiger charge is 2.37. The first-order valence-corrected chi connectivity index (χ1v) is 17.1. The van der Waals surface area contributed by atoms with E-state index >= 15 is 0 Å². The monoisotopic (exact) mass is 590 g/mol. The quantitative estimate of drug-likeness (QED) is 0.145. The van der Waals surface area contributed by atoms with Crippen LogP contribution in [0.4, 0.5) is 0 Å². The highest BCUT2D eigenvalue weighted by molar-refractivity contribution is 7.39. The minimum atomic E-state index is -2.54. The van der Waals surface area contributed by atoms with Crippen molar-refractivity contribution in [2.45, 2.75) is 129 Å². The van der Waals surface area contributed by atoms with E-state index in [0.717, 1.165) is 30.4 Å². The zero-order chi connectivity index (χ0) is 31.0. The second-order valence-electron chi connectivity index (χ2n) is 14.4. The zero-order valence-electron chi connectivity index (χ0n) is 27.5. The predicted octanol–water partition coefficient (Wildman–Crippen LogP) is 10.7. The van der Waals surface area contributed by atoms with Gasteiger partial charge in [0.2, 0.25) is 0 Å². The molecule has 2 N–H and O–H groups in total. The fraction of sp³-hybridized carbons (Fsp3) is 0.526. The number of benzene rings is 3. The van der Waals surface area contributed by atoms with E-state index in [0.29, 0.717) is 5.75 Å². The van der Waals surface area contributed by atoms with Gasteiger partial charge in [-0.3, -0.25) is 0 Å². The summed E-state index contributed by atoms with van der Waals surface area (Å²) in [6.07, 6.45) is 10.5. The van der Waals surface area contributed by atoms with Gasteiger partial charge in [-0.25, -0.2) is 0 Å². The molecule has 0 aliphatic rings. The van der Waals surface area contributed by atoms with Crippen LogP contribution in [0.15, 0.2) is 66.7 Å². The summed E-state index contributed by atoms with van der Waals surface area (Å²) in [6, 6.07) is 23.8. The van der Waals surface area contributed by atoms with E-state index in [1.165, 1.54) is 60.8 Å². The van der Waals surface area contributed by atoms with Gasteiger partial charge in [0.1, 0.15) is 5.75 Å². The van der Waals surface area contributed by atoms with Gasteiger partial charge in [-0.1, -0.05) is 154 Å². The van der Waals surface area contributed by atoms with E-state index < -0.39 is 8.60 Å². The molecule has 0 aliphatic heterocycles. The Balaban J connectivity index is 1.88. The summed E-state index contributed by atoms with van der Waals surface area (Å²) in [5.74, 6) is 0.673. The molecule has 3 aromatic carbocycles. The lowest BCUT2D eigenvalue weighted by Gasteiger charge is -2.38. The molecule has 0 aliphatic carbocycles. The number of hydrogen-bond donors (Lipinski definition) is 2. The van der Waals surface area contributed by atoms with Crippen LogP contribution in [0.1, 0.15) is 134 Å². The number of unbranched alkanes of at least 4 members (excludes halogenated alkanes) is 6. The Morgan fingerprint density at radius 2 is 1.07 bits per heavy atom. The van der Waals surface area contributed by atoms with Crippen LogP contribution < -0.4 is 4.52 Å². The summed E-state index contributed by atoms with van der Waals surface area (Å²) >= 11 is 0. The molecule has 3 nitrogen and oxygen atoms in total. The molecule has 4 heteroatoms.